The van der Waals surface area contributed by atoms with Gasteiger partial charge >= 0.3 is 0 Å². The topological polar surface area (TPSA) is 80.8 Å². The van der Waals surface area contributed by atoms with E-state index >= 15 is 0 Å². The van der Waals surface area contributed by atoms with Gasteiger partial charge in [0.25, 0.3) is 0 Å². The monoisotopic (exact) mass is 542 g/mol. The molecule has 4 aromatic heterocycles. The van der Waals surface area contributed by atoms with Gasteiger partial charge in [0, 0.05) is 35.7 Å². The smallest absolute Gasteiger partial charge is 0.182 e. The Hall–Kier alpha value is -2.84. The van der Waals surface area contributed by atoms with Crippen molar-refractivity contribution >= 4 is 31.9 Å². The summed E-state index contributed by atoms with van der Waals surface area (Å²) in [6, 6.07) is 18.2. The number of aromatic amines is 1. The van der Waals surface area contributed by atoms with Crippen molar-refractivity contribution in [3.05, 3.63) is 91.5 Å². The number of hydrogen-bond donors (Lipinski definition) is 1. The van der Waals surface area contributed by atoms with Gasteiger partial charge in [-0.25, -0.2) is 9.97 Å². The highest BCUT2D eigenvalue weighted by Crippen LogP contribution is 2.22. The molecular formula is C23H20Br2N4O2. The van der Waals surface area contributed by atoms with E-state index in [9.17, 15) is 4.79 Å². The minimum atomic E-state index is -0.0111. The lowest BCUT2D eigenvalue weighted by Gasteiger charge is -2.05. The molecule has 0 atom stereocenters. The van der Waals surface area contributed by atoms with Crippen LogP contribution >= 0.6 is 31.9 Å². The first kappa shape index (κ1) is 22.8. The summed E-state index contributed by atoms with van der Waals surface area (Å²) in [5.74, 6) is 0.796. The molecule has 158 valence electrons. The Balaban J connectivity index is 0.000000176. The van der Waals surface area contributed by atoms with Gasteiger partial charge in [-0.2, -0.15) is 0 Å². The summed E-state index contributed by atoms with van der Waals surface area (Å²) in [4.78, 5) is 27.5. The largest absolute Gasteiger partial charge is 0.497 e. The molecule has 8 heteroatoms. The molecule has 0 aliphatic heterocycles. The van der Waals surface area contributed by atoms with Gasteiger partial charge in [0.05, 0.1) is 29.9 Å². The van der Waals surface area contributed by atoms with Crippen molar-refractivity contribution in [2.75, 3.05) is 7.11 Å². The summed E-state index contributed by atoms with van der Waals surface area (Å²) in [6.45, 7) is 3.78. The van der Waals surface area contributed by atoms with Crippen LogP contribution in [0.4, 0.5) is 0 Å². The highest BCUT2D eigenvalue weighted by atomic mass is 79.9. The van der Waals surface area contributed by atoms with Crippen LogP contribution in [0.1, 0.15) is 11.4 Å². The lowest BCUT2D eigenvalue weighted by atomic mass is 10.2. The van der Waals surface area contributed by atoms with Gasteiger partial charge in [-0.1, -0.05) is 12.1 Å². The predicted octanol–water partition coefficient (Wildman–Crippen LogP) is 5.73. The van der Waals surface area contributed by atoms with Crippen LogP contribution in [0.15, 0.2) is 74.7 Å². The number of aromatic nitrogens is 4. The van der Waals surface area contributed by atoms with Crippen LogP contribution in [0.3, 0.4) is 0 Å². The van der Waals surface area contributed by atoms with Crippen molar-refractivity contribution in [1.82, 2.24) is 19.9 Å². The molecule has 4 heterocycles. The summed E-state index contributed by atoms with van der Waals surface area (Å²) in [6.07, 6.45) is 0. The highest BCUT2D eigenvalue weighted by Gasteiger charge is 2.05. The first-order valence-electron chi connectivity index (χ1n) is 9.33. The van der Waals surface area contributed by atoms with Crippen LogP contribution < -0.4 is 10.2 Å². The number of H-pyrrole nitrogens is 1. The van der Waals surface area contributed by atoms with Crippen LogP contribution in [0.5, 0.6) is 5.75 Å². The molecule has 0 aliphatic carbocycles. The van der Waals surface area contributed by atoms with Gasteiger partial charge in [0.2, 0.25) is 0 Å². The number of nitrogens with zero attached hydrogens (tertiary/aromatic N) is 3. The minimum absolute atomic E-state index is 0.0111. The van der Waals surface area contributed by atoms with Crippen molar-refractivity contribution in [3.8, 4) is 28.5 Å². The van der Waals surface area contributed by atoms with Gasteiger partial charge in [0.1, 0.15) is 15.0 Å². The molecule has 1 N–H and O–H groups in total. The second-order valence-electron chi connectivity index (χ2n) is 6.64. The molecule has 0 aliphatic rings. The van der Waals surface area contributed by atoms with Crippen LogP contribution in [0.2, 0.25) is 0 Å². The molecule has 4 aromatic rings. The normalized spacial score (nSPS) is 10.2. The molecule has 0 saturated carbocycles. The standard InChI is InChI=1S/C12H11BrN2O.C11H9BrN2O/c1-8-6-9(16-2)7-11(14-8)10-4-3-5-12(13)15-10;1-7-5-8(15)6-10(13-7)9-3-2-4-11(12)14-9/h3-7H,1-2H3;2-6H,1H3,(H,13,15). The lowest BCUT2D eigenvalue weighted by Crippen LogP contribution is -2.02. The molecule has 0 fully saturated rings. The van der Waals surface area contributed by atoms with Crippen LogP contribution in [-0.4, -0.2) is 27.0 Å². The predicted molar refractivity (Wildman–Crippen MR) is 129 cm³/mol. The average Bonchev–Trinajstić information content (AvgIpc) is 2.73. The van der Waals surface area contributed by atoms with Gasteiger partial charge in [-0.05, 0) is 70.0 Å². The van der Waals surface area contributed by atoms with E-state index in [1.807, 2.05) is 62.4 Å². The Morgan fingerprint density at radius 2 is 1.45 bits per heavy atom. The summed E-state index contributed by atoms with van der Waals surface area (Å²) in [5.41, 5.74) is 4.87. The maximum Gasteiger partial charge on any atom is 0.182 e. The average molecular weight is 544 g/mol. The molecule has 0 amide bonds. The zero-order chi connectivity index (χ0) is 22.4. The van der Waals surface area contributed by atoms with Crippen molar-refractivity contribution in [2.24, 2.45) is 0 Å². The van der Waals surface area contributed by atoms with E-state index in [1.54, 1.807) is 19.2 Å². The molecule has 4 rings (SSSR count). The molecule has 0 radical (unpaired) electrons. The highest BCUT2D eigenvalue weighted by molar-refractivity contribution is 9.10. The number of aryl methyl sites for hydroxylation is 2. The number of methoxy groups -OCH3 is 1. The molecule has 31 heavy (non-hydrogen) atoms. The Kier molecular flexibility index (Phi) is 7.70. The number of ether oxygens (including phenoxy) is 1. The van der Waals surface area contributed by atoms with Crippen LogP contribution in [-0.2, 0) is 0 Å². The quantitative estimate of drug-likeness (QED) is 0.334. The fraction of sp³-hybridized carbons (Fsp3) is 0.130. The summed E-state index contributed by atoms with van der Waals surface area (Å²) in [7, 11) is 1.65. The van der Waals surface area contributed by atoms with Gasteiger partial charge in [-0.15, -0.1) is 0 Å². The van der Waals surface area contributed by atoms with Gasteiger partial charge in [-0.3, -0.25) is 9.78 Å². The van der Waals surface area contributed by atoms with Crippen LogP contribution in [0.25, 0.3) is 22.8 Å². The number of pyridine rings is 4. The summed E-state index contributed by atoms with van der Waals surface area (Å²) < 4.78 is 6.76. The number of rotatable bonds is 3. The fourth-order valence-corrected chi connectivity index (χ4v) is 3.50. The third-order valence-electron chi connectivity index (χ3n) is 4.11. The third-order valence-corrected chi connectivity index (χ3v) is 4.99. The number of halogens is 2. The number of hydrogen-bond acceptors (Lipinski definition) is 5. The SMILES string of the molecule is COc1cc(C)nc(-c2cccc(Br)n2)c1.Cc1cc(=O)cc(-c2cccc(Br)n2)[nH]1. The van der Waals surface area contributed by atoms with Crippen molar-refractivity contribution in [1.29, 1.82) is 0 Å². The summed E-state index contributed by atoms with van der Waals surface area (Å²) >= 11 is 6.64. The zero-order valence-electron chi connectivity index (χ0n) is 17.2. The second-order valence-corrected chi connectivity index (χ2v) is 8.26. The maximum absolute atomic E-state index is 11.3. The van der Waals surface area contributed by atoms with E-state index in [1.165, 1.54) is 0 Å². The minimum Gasteiger partial charge on any atom is -0.497 e. The molecule has 6 nitrogen and oxygen atoms in total. The molecule has 0 bridgehead atoms. The summed E-state index contributed by atoms with van der Waals surface area (Å²) in [5, 5.41) is 0. The second kappa shape index (κ2) is 10.5. The van der Waals surface area contributed by atoms with E-state index in [4.69, 9.17) is 4.74 Å². The Labute approximate surface area is 197 Å². The van der Waals surface area contributed by atoms with E-state index in [-0.39, 0.29) is 5.43 Å². The first-order valence-corrected chi connectivity index (χ1v) is 10.9. The van der Waals surface area contributed by atoms with Crippen LogP contribution in [0, 0.1) is 13.8 Å². The lowest BCUT2D eigenvalue weighted by molar-refractivity contribution is 0.414. The molecular weight excluding hydrogens is 524 g/mol. The fourth-order valence-electron chi connectivity index (χ4n) is 2.81. The Morgan fingerprint density at radius 1 is 0.806 bits per heavy atom. The number of nitrogens with one attached hydrogen (secondary N) is 1. The van der Waals surface area contributed by atoms with Gasteiger partial charge < -0.3 is 9.72 Å². The van der Waals surface area contributed by atoms with Crippen molar-refractivity contribution in [3.63, 3.8) is 0 Å². The van der Waals surface area contributed by atoms with Crippen molar-refractivity contribution < 1.29 is 4.74 Å². The molecule has 0 unspecified atom stereocenters. The van der Waals surface area contributed by atoms with E-state index in [0.717, 1.165) is 49.1 Å². The van der Waals surface area contributed by atoms with E-state index in [0.29, 0.717) is 0 Å². The Morgan fingerprint density at radius 3 is 2.06 bits per heavy atom. The molecule has 0 spiro atoms. The van der Waals surface area contributed by atoms with E-state index < -0.39 is 0 Å². The van der Waals surface area contributed by atoms with Gasteiger partial charge in [0.15, 0.2) is 5.43 Å². The Bertz CT molecular complexity index is 1260. The van der Waals surface area contributed by atoms with Crippen molar-refractivity contribution in [2.45, 2.75) is 13.8 Å². The molecule has 0 saturated heterocycles. The molecule has 0 aromatic carbocycles. The zero-order valence-corrected chi connectivity index (χ0v) is 20.4. The third kappa shape index (κ3) is 6.57. The van der Waals surface area contributed by atoms with E-state index in [2.05, 4.69) is 51.8 Å². The first-order chi connectivity index (χ1) is 14.8. The maximum atomic E-state index is 11.3.